The lowest BCUT2D eigenvalue weighted by atomic mass is 10.2. The minimum Gasteiger partial charge on any atom is -0.496 e. The van der Waals surface area contributed by atoms with E-state index in [0.29, 0.717) is 11.3 Å². The summed E-state index contributed by atoms with van der Waals surface area (Å²) in [7, 11) is 1.43. The van der Waals surface area contributed by atoms with Crippen LogP contribution in [0.25, 0.3) is 0 Å². The molecular formula is C12H14F3NO3. The van der Waals surface area contributed by atoms with Crippen molar-refractivity contribution in [3.8, 4) is 5.75 Å². The number of para-hydroxylation sites is 1. The summed E-state index contributed by atoms with van der Waals surface area (Å²) in [5, 5.41) is 2.45. The lowest BCUT2D eigenvalue weighted by Gasteiger charge is -2.10. The van der Waals surface area contributed by atoms with E-state index in [9.17, 15) is 18.0 Å². The topological polar surface area (TPSA) is 47.6 Å². The first kappa shape index (κ1) is 15.3. The standard InChI is InChI=1S/C12H14F3NO3/c1-18-10-5-3-2-4-9(10)11(17)16-6-7-19-8-12(13,14)15/h2-5H,6-8H2,1H3,(H,16,17). The van der Waals surface area contributed by atoms with Crippen LogP contribution in [0.5, 0.6) is 5.75 Å². The third-order valence-electron chi connectivity index (χ3n) is 2.15. The highest BCUT2D eigenvalue weighted by molar-refractivity contribution is 5.96. The van der Waals surface area contributed by atoms with Gasteiger partial charge < -0.3 is 14.8 Å². The largest absolute Gasteiger partial charge is 0.496 e. The Balaban J connectivity index is 2.35. The van der Waals surface area contributed by atoms with Crippen molar-refractivity contribution in [2.75, 3.05) is 26.9 Å². The monoisotopic (exact) mass is 277 g/mol. The number of hydrogen-bond acceptors (Lipinski definition) is 3. The molecule has 0 aromatic heterocycles. The average molecular weight is 277 g/mol. The summed E-state index contributed by atoms with van der Waals surface area (Å²) in [6.07, 6.45) is -4.35. The SMILES string of the molecule is COc1ccccc1C(=O)NCCOCC(F)(F)F. The van der Waals surface area contributed by atoms with Gasteiger partial charge in [-0.25, -0.2) is 0 Å². The second-order valence-electron chi connectivity index (χ2n) is 3.62. The van der Waals surface area contributed by atoms with Gasteiger partial charge in [-0.1, -0.05) is 12.1 Å². The molecule has 1 rings (SSSR count). The maximum atomic E-state index is 11.8. The molecule has 1 aromatic carbocycles. The normalized spacial score (nSPS) is 11.2. The van der Waals surface area contributed by atoms with E-state index in [1.807, 2.05) is 0 Å². The zero-order valence-corrected chi connectivity index (χ0v) is 10.3. The van der Waals surface area contributed by atoms with Gasteiger partial charge in [0.15, 0.2) is 0 Å². The van der Waals surface area contributed by atoms with E-state index in [4.69, 9.17) is 4.74 Å². The maximum absolute atomic E-state index is 11.8. The van der Waals surface area contributed by atoms with Crippen molar-refractivity contribution in [2.24, 2.45) is 0 Å². The molecule has 0 unspecified atom stereocenters. The van der Waals surface area contributed by atoms with E-state index in [1.165, 1.54) is 7.11 Å². The Bertz CT molecular complexity index is 421. The maximum Gasteiger partial charge on any atom is 0.411 e. The molecule has 0 aliphatic heterocycles. The van der Waals surface area contributed by atoms with Gasteiger partial charge in [-0.05, 0) is 12.1 Å². The molecule has 0 fully saturated rings. The Morgan fingerprint density at radius 2 is 2.00 bits per heavy atom. The first-order valence-electron chi connectivity index (χ1n) is 5.50. The molecule has 0 bridgehead atoms. The van der Waals surface area contributed by atoms with Crippen LogP contribution < -0.4 is 10.1 Å². The van der Waals surface area contributed by atoms with Crippen molar-refractivity contribution in [2.45, 2.75) is 6.18 Å². The number of rotatable bonds is 6. The molecular weight excluding hydrogens is 263 g/mol. The van der Waals surface area contributed by atoms with Gasteiger partial charge in [0, 0.05) is 6.54 Å². The van der Waals surface area contributed by atoms with Crippen LogP contribution in [-0.4, -0.2) is 39.0 Å². The molecule has 106 valence electrons. The number of alkyl halides is 3. The summed E-state index contributed by atoms with van der Waals surface area (Å²) >= 11 is 0. The zero-order valence-electron chi connectivity index (χ0n) is 10.3. The fourth-order valence-electron chi connectivity index (χ4n) is 1.35. The van der Waals surface area contributed by atoms with Gasteiger partial charge in [-0.3, -0.25) is 4.79 Å². The van der Waals surface area contributed by atoms with E-state index >= 15 is 0 Å². The number of nitrogens with one attached hydrogen (secondary N) is 1. The minimum atomic E-state index is -4.35. The number of methoxy groups -OCH3 is 1. The number of carbonyl (C=O) groups is 1. The first-order chi connectivity index (χ1) is 8.94. The summed E-state index contributed by atoms with van der Waals surface area (Å²) in [5.74, 6) is -0.0238. The summed E-state index contributed by atoms with van der Waals surface area (Å²) in [6.45, 7) is -1.54. The fourth-order valence-corrected chi connectivity index (χ4v) is 1.35. The highest BCUT2D eigenvalue weighted by Crippen LogP contribution is 2.16. The summed E-state index contributed by atoms with van der Waals surface area (Å²) < 4.78 is 44.7. The predicted octanol–water partition coefficient (Wildman–Crippen LogP) is 2.00. The highest BCUT2D eigenvalue weighted by atomic mass is 19.4. The molecule has 4 nitrogen and oxygen atoms in total. The molecule has 0 aliphatic carbocycles. The van der Waals surface area contributed by atoms with E-state index in [2.05, 4.69) is 10.1 Å². The average Bonchev–Trinajstić information content (AvgIpc) is 2.36. The van der Waals surface area contributed by atoms with Gasteiger partial charge in [0.05, 0.1) is 19.3 Å². The van der Waals surface area contributed by atoms with Crippen LogP contribution >= 0.6 is 0 Å². The molecule has 1 amide bonds. The van der Waals surface area contributed by atoms with Crippen LogP contribution in [0.2, 0.25) is 0 Å². The molecule has 0 radical (unpaired) electrons. The second-order valence-corrected chi connectivity index (χ2v) is 3.62. The quantitative estimate of drug-likeness (QED) is 0.809. The van der Waals surface area contributed by atoms with Crippen molar-refractivity contribution in [1.82, 2.24) is 5.32 Å². The molecule has 0 saturated heterocycles. The Labute approximate surface area is 108 Å². The first-order valence-corrected chi connectivity index (χ1v) is 5.50. The predicted molar refractivity (Wildman–Crippen MR) is 62.2 cm³/mol. The third-order valence-corrected chi connectivity index (χ3v) is 2.15. The van der Waals surface area contributed by atoms with Gasteiger partial charge in [-0.15, -0.1) is 0 Å². The van der Waals surface area contributed by atoms with Crippen LogP contribution in [-0.2, 0) is 4.74 Å². The van der Waals surface area contributed by atoms with E-state index in [0.717, 1.165) is 0 Å². The van der Waals surface area contributed by atoms with Crippen molar-refractivity contribution < 1.29 is 27.4 Å². The Kier molecular flexibility index (Phi) is 5.62. The number of benzene rings is 1. The van der Waals surface area contributed by atoms with Gasteiger partial charge in [-0.2, -0.15) is 13.2 Å². The second kappa shape index (κ2) is 6.98. The number of carbonyl (C=O) groups excluding carboxylic acids is 1. The van der Waals surface area contributed by atoms with Gasteiger partial charge in [0.2, 0.25) is 0 Å². The zero-order chi connectivity index (χ0) is 14.3. The van der Waals surface area contributed by atoms with Crippen molar-refractivity contribution >= 4 is 5.91 Å². The molecule has 0 spiro atoms. The van der Waals surface area contributed by atoms with E-state index < -0.39 is 18.7 Å². The van der Waals surface area contributed by atoms with Crippen LogP contribution in [0, 0.1) is 0 Å². The third kappa shape index (κ3) is 5.60. The molecule has 0 heterocycles. The smallest absolute Gasteiger partial charge is 0.411 e. The molecule has 0 aliphatic rings. The van der Waals surface area contributed by atoms with Crippen molar-refractivity contribution in [1.29, 1.82) is 0 Å². The lowest BCUT2D eigenvalue weighted by molar-refractivity contribution is -0.173. The molecule has 1 N–H and O–H groups in total. The molecule has 19 heavy (non-hydrogen) atoms. The van der Waals surface area contributed by atoms with Gasteiger partial charge in [0.1, 0.15) is 12.4 Å². The molecule has 7 heteroatoms. The number of ether oxygens (including phenoxy) is 2. The van der Waals surface area contributed by atoms with Crippen LogP contribution in [0.3, 0.4) is 0 Å². The number of hydrogen-bond donors (Lipinski definition) is 1. The van der Waals surface area contributed by atoms with Gasteiger partial charge in [0.25, 0.3) is 5.91 Å². The van der Waals surface area contributed by atoms with E-state index in [1.54, 1.807) is 24.3 Å². The summed E-state index contributed by atoms with van der Waals surface area (Å²) in [5.41, 5.74) is 0.320. The van der Waals surface area contributed by atoms with Crippen LogP contribution in [0.1, 0.15) is 10.4 Å². The van der Waals surface area contributed by atoms with Crippen LogP contribution in [0.15, 0.2) is 24.3 Å². The minimum absolute atomic E-state index is 0.00698. The summed E-state index contributed by atoms with van der Waals surface area (Å²) in [4.78, 5) is 11.7. The molecule has 1 aromatic rings. The van der Waals surface area contributed by atoms with Crippen LogP contribution in [0.4, 0.5) is 13.2 Å². The Morgan fingerprint density at radius 3 is 2.63 bits per heavy atom. The Hall–Kier alpha value is -1.76. The van der Waals surface area contributed by atoms with Crippen molar-refractivity contribution in [3.05, 3.63) is 29.8 Å². The number of amides is 1. The van der Waals surface area contributed by atoms with Gasteiger partial charge >= 0.3 is 6.18 Å². The highest BCUT2D eigenvalue weighted by Gasteiger charge is 2.27. The Morgan fingerprint density at radius 1 is 1.32 bits per heavy atom. The molecule has 0 atom stereocenters. The van der Waals surface area contributed by atoms with Crippen molar-refractivity contribution in [3.63, 3.8) is 0 Å². The van der Waals surface area contributed by atoms with E-state index in [-0.39, 0.29) is 13.2 Å². The number of halogens is 3. The molecule has 0 saturated carbocycles. The lowest BCUT2D eigenvalue weighted by Crippen LogP contribution is -2.29. The summed E-state index contributed by atoms with van der Waals surface area (Å²) in [6, 6.07) is 6.56. The fraction of sp³-hybridized carbons (Fsp3) is 0.417.